The average Bonchev–Trinajstić information content (AvgIpc) is 2.27. The van der Waals surface area contributed by atoms with Crippen LogP contribution in [0.4, 0.5) is 17.6 Å². The highest BCUT2D eigenvalue weighted by Gasteiger charge is 2.23. The van der Waals surface area contributed by atoms with E-state index in [-0.39, 0.29) is 0 Å². The smallest absolute Gasteiger partial charge is 0.300 e. The van der Waals surface area contributed by atoms with Crippen LogP contribution in [0.15, 0.2) is 0 Å². The van der Waals surface area contributed by atoms with Gasteiger partial charge in [-0.15, -0.1) is 0 Å². The molecule has 0 radical (unpaired) electrons. The summed E-state index contributed by atoms with van der Waals surface area (Å²) >= 11 is 0. The summed E-state index contributed by atoms with van der Waals surface area (Å²) in [5.41, 5.74) is 8.26. The minimum atomic E-state index is -1.48. The van der Waals surface area contributed by atoms with Gasteiger partial charge in [0.05, 0.1) is 0 Å². The minimum absolute atomic E-state index is 0.615. The highest BCUT2D eigenvalue weighted by atomic mass is 19.2. The first-order valence-electron chi connectivity index (χ1n) is 4.71. The van der Waals surface area contributed by atoms with E-state index in [4.69, 9.17) is 21.4 Å². The van der Waals surface area contributed by atoms with Crippen LogP contribution in [0.5, 0.6) is 0 Å². The molecule has 0 bridgehead atoms. The van der Waals surface area contributed by atoms with Gasteiger partial charge in [-0.05, 0) is 0 Å². The van der Waals surface area contributed by atoms with E-state index in [2.05, 4.69) is 0 Å². The number of aliphatic carboxylic acids is 1. The summed E-state index contributed by atoms with van der Waals surface area (Å²) in [6, 6.07) is 0. The number of nitrogens with two attached hydrogens (primary N) is 2. The molecule has 0 aromatic heterocycles. The first-order chi connectivity index (χ1) is 8.27. The van der Waals surface area contributed by atoms with Crippen molar-refractivity contribution < 1.29 is 27.5 Å². The second kappa shape index (κ2) is 6.92. The quantitative estimate of drug-likeness (QED) is 0.556. The SMILES string of the molecule is CC(=O)O.NCc1c(F)c(F)c(CN)c(F)c1F. The van der Waals surface area contributed by atoms with Crippen LogP contribution in [0.25, 0.3) is 0 Å². The lowest BCUT2D eigenvalue weighted by atomic mass is 10.1. The molecule has 0 saturated heterocycles. The molecule has 1 aromatic rings. The van der Waals surface area contributed by atoms with E-state index < -0.39 is 53.5 Å². The topological polar surface area (TPSA) is 89.3 Å². The highest BCUT2D eigenvalue weighted by molar-refractivity contribution is 5.62. The van der Waals surface area contributed by atoms with Crippen LogP contribution in [-0.2, 0) is 17.9 Å². The Labute approximate surface area is 100 Å². The lowest BCUT2D eigenvalue weighted by Gasteiger charge is -2.08. The zero-order chi connectivity index (χ0) is 14.5. The van der Waals surface area contributed by atoms with Crippen LogP contribution < -0.4 is 11.5 Å². The predicted octanol–water partition coefficient (Wildman–Crippen LogP) is 1.25. The maximum absolute atomic E-state index is 13.0. The molecule has 0 aliphatic carbocycles. The normalized spacial score (nSPS) is 9.72. The van der Waals surface area contributed by atoms with Crippen molar-refractivity contribution in [2.24, 2.45) is 11.5 Å². The predicted molar refractivity (Wildman–Crippen MR) is 55.4 cm³/mol. The second-order valence-corrected chi connectivity index (χ2v) is 3.14. The lowest BCUT2D eigenvalue weighted by Crippen LogP contribution is -2.14. The Hall–Kier alpha value is -1.67. The molecule has 0 aliphatic rings. The molecular weight excluding hydrogens is 256 g/mol. The molecule has 4 nitrogen and oxygen atoms in total. The standard InChI is InChI=1S/C8H8F4N2.C2H4O2/c9-5-3(1-13)6(10)8(12)4(2-14)7(5)11;1-2(3)4/h1-2,13-14H2;1H3,(H,3,4). The van der Waals surface area contributed by atoms with Gasteiger partial charge >= 0.3 is 0 Å². The zero-order valence-corrected chi connectivity index (χ0v) is 9.44. The molecule has 0 saturated carbocycles. The van der Waals surface area contributed by atoms with Crippen LogP contribution in [0.2, 0.25) is 0 Å². The van der Waals surface area contributed by atoms with Gasteiger partial charge in [-0.1, -0.05) is 0 Å². The molecule has 0 aliphatic heterocycles. The third-order valence-electron chi connectivity index (χ3n) is 1.85. The molecule has 0 heterocycles. The van der Waals surface area contributed by atoms with Gasteiger partial charge in [-0.3, -0.25) is 4.79 Å². The Morgan fingerprint density at radius 3 is 1.22 bits per heavy atom. The Bertz CT molecular complexity index is 384. The molecule has 0 spiro atoms. The fraction of sp³-hybridized carbons (Fsp3) is 0.300. The van der Waals surface area contributed by atoms with E-state index in [1.165, 1.54) is 0 Å². The van der Waals surface area contributed by atoms with Gasteiger partial charge in [-0.2, -0.15) is 0 Å². The van der Waals surface area contributed by atoms with Crippen molar-refractivity contribution in [3.8, 4) is 0 Å². The fourth-order valence-corrected chi connectivity index (χ4v) is 1.08. The van der Waals surface area contributed by atoms with Crippen molar-refractivity contribution >= 4 is 5.97 Å². The van der Waals surface area contributed by atoms with Crippen molar-refractivity contribution in [2.75, 3.05) is 0 Å². The number of hydrogen-bond acceptors (Lipinski definition) is 3. The summed E-state index contributed by atoms with van der Waals surface area (Å²) in [7, 11) is 0. The molecular formula is C10H12F4N2O2. The summed E-state index contributed by atoms with van der Waals surface area (Å²) < 4.78 is 51.9. The van der Waals surface area contributed by atoms with Crippen molar-refractivity contribution in [3.63, 3.8) is 0 Å². The Kier molecular flexibility index (Phi) is 6.28. The molecule has 0 fully saturated rings. The third kappa shape index (κ3) is 3.67. The van der Waals surface area contributed by atoms with E-state index in [9.17, 15) is 17.6 Å². The van der Waals surface area contributed by atoms with Crippen LogP contribution in [-0.4, -0.2) is 11.1 Å². The molecule has 18 heavy (non-hydrogen) atoms. The van der Waals surface area contributed by atoms with Gasteiger partial charge in [-0.25, -0.2) is 17.6 Å². The molecule has 8 heteroatoms. The molecule has 0 atom stereocenters. The Morgan fingerprint density at radius 1 is 0.944 bits per heavy atom. The number of carboxylic acids is 1. The van der Waals surface area contributed by atoms with Gasteiger partial charge in [0.15, 0.2) is 23.3 Å². The van der Waals surface area contributed by atoms with E-state index in [0.717, 1.165) is 6.92 Å². The van der Waals surface area contributed by atoms with Crippen LogP contribution >= 0.6 is 0 Å². The van der Waals surface area contributed by atoms with E-state index in [1.807, 2.05) is 0 Å². The molecule has 0 unspecified atom stereocenters. The van der Waals surface area contributed by atoms with E-state index in [1.54, 1.807) is 0 Å². The number of hydrogen-bond donors (Lipinski definition) is 3. The maximum Gasteiger partial charge on any atom is 0.300 e. The summed E-state index contributed by atoms with van der Waals surface area (Å²) in [6.45, 7) is -0.146. The van der Waals surface area contributed by atoms with E-state index >= 15 is 0 Å². The summed E-state index contributed by atoms with van der Waals surface area (Å²) in [5, 5.41) is 7.42. The van der Waals surface area contributed by atoms with Gasteiger partial charge in [0.2, 0.25) is 0 Å². The first-order valence-corrected chi connectivity index (χ1v) is 4.71. The van der Waals surface area contributed by atoms with Gasteiger partial charge in [0.25, 0.3) is 5.97 Å². The second-order valence-electron chi connectivity index (χ2n) is 3.14. The Morgan fingerprint density at radius 2 is 1.11 bits per heavy atom. The van der Waals surface area contributed by atoms with Gasteiger partial charge in [0.1, 0.15) is 0 Å². The molecule has 0 amide bonds. The fourth-order valence-electron chi connectivity index (χ4n) is 1.08. The van der Waals surface area contributed by atoms with Crippen LogP contribution in [0, 0.1) is 23.3 Å². The van der Waals surface area contributed by atoms with Gasteiger partial charge in [0, 0.05) is 31.1 Å². The monoisotopic (exact) mass is 268 g/mol. The van der Waals surface area contributed by atoms with Crippen molar-refractivity contribution in [3.05, 3.63) is 34.4 Å². The summed E-state index contributed by atoms with van der Waals surface area (Å²) in [6.07, 6.45) is 0. The molecule has 1 rings (SSSR count). The molecule has 102 valence electrons. The largest absolute Gasteiger partial charge is 0.481 e. The number of benzene rings is 1. The number of halogens is 4. The van der Waals surface area contributed by atoms with Crippen LogP contribution in [0.1, 0.15) is 18.1 Å². The molecule has 1 aromatic carbocycles. The van der Waals surface area contributed by atoms with Gasteiger partial charge < -0.3 is 16.6 Å². The first kappa shape index (κ1) is 16.3. The Balaban J connectivity index is 0.000000631. The number of carbonyl (C=O) groups is 1. The average molecular weight is 268 g/mol. The lowest BCUT2D eigenvalue weighted by molar-refractivity contribution is -0.134. The zero-order valence-electron chi connectivity index (χ0n) is 9.44. The number of rotatable bonds is 2. The number of carboxylic acid groups (broad SMARTS) is 1. The third-order valence-corrected chi connectivity index (χ3v) is 1.85. The molecule has 5 N–H and O–H groups in total. The maximum atomic E-state index is 13.0. The van der Waals surface area contributed by atoms with Crippen molar-refractivity contribution in [2.45, 2.75) is 20.0 Å². The van der Waals surface area contributed by atoms with Crippen molar-refractivity contribution in [1.29, 1.82) is 0 Å². The van der Waals surface area contributed by atoms with Crippen LogP contribution in [0.3, 0.4) is 0 Å². The van der Waals surface area contributed by atoms with E-state index in [0.29, 0.717) is 0 Å². The highest BCUT2D eigenvalue weighted by Crippen LogP contribution is 2.23. The van der Waals surface area contributed by atoms with Crippen molar-refractivity contribution in [1.82, 2.24) is 0 Å². The minimum Gasteiger partial charge on any atom is -0.481 e. The summed E-state index contributed by atoms with van der Waals surface area (Å²) in [5.74, 6) is -6.75. The summed E-state index contributed by atoms with van der Waals surface area (Å²) in [4.78, 5) is 9.00.